The minimum absolute atomic E-state index is 0.397. The van der Waals surface area contributed by atoms with Crippen molar-refractivity contribution in [1.29, 1.82) is 0 Å². The first kappa shape index (κ1) is 12.1. The molecule has 0 atom stereocenters. The fraction of sp³-hybridized carbons (Fsp3) is 0. The molecule has 0 unspecified atom stereocenters. The molecular weight excluding hydrogens is 285 g/mol. The van der Waals surface area contributed by atoms with E-state index in [0.717, 1.165) is 5.56 Å². The maximum Gasteiger partial charge on any atom is 0.259 e. The standard InChI is InChI=1S/C13H7Cl2N3O/c14-9-3-4-10(11(15)6-9)12-17-13(19-18-12)8-2-1-5-16-7-8/h1-7H. The average molecular weight is 292 g/mol. The molecule has 0 aliphatic heterocycles. The number of nitrogens with zero attached hydrogens (tertiary/aromatic N) is 3. The lowest BCUT2D eigenvalue weighted by Gasteiger charge is -1.98. The summed E-state index contributed by atoms with van der Waals surface area (Å²) in [5.74, 6) is 0.814. The van der Waals surface area contributed by atoms with Crippen LogP contribution in [0.3, 0.4) is 0 Å². The molecule has 0 saturated heterocycles. The minimum Gasteiger partial charge on any atom is -0.334 e. The fourth-order valence-corrected chi connectivity index (χ4v) is 2.10. The van der Waals surface area contributed by atoms with Crippen molar-refractivity contribution in [2.45, 2.75) is 0 Å². The van der Waals surface area contributed by atoms with Gasteiger partial charge in [-0.25, -0.2) is 0 Å². The number of aromatic nitrogens is 3. The lowest BCUT2D eigenvalue weighted by Crippen LogP contribution is -1.83. The maximum atomic E-state index is 6.10. The summed E-state index contributed by atoms with van der Waals surface area (Å²) in [6, 6.07) is 8.76. The van der Waals surface area contributed by atoms with Gasteiger partial charge < -0.3 is 4.52 Å². The van der Waals surface area contributed by atoms with E-state index in [2.05, 4.69) is 15.1 Å². The summed E-state index contributed by atoms with van der Waals surface area (Å²) < 4.78 is 5.20. The summed E-state index contributed by atoms with van der Waals surface area (Å²) in [6.07, 6.45) is 3.33. The van der Waals surface area contributed by atoms with Gasteiger partial charge in [0.1, 0.15) is 0 Å². The summed E-state index contributed by atoms with van der Waals surface area (Å²) in [6.45, 7) is 0. The van der Waals surface area contributed by atoms with Crippen LogP contribution in [-0.4, -0.2) is 15.1 Å². The van der Waals surface area contributed by atoms with Gasteiger partial charge in [0.15, 0.2) is 0 Å². The Kier molecular flexibility index (Phi) is 3.19. The molecule has 3 rings (SSSR count). The molecule has 1 aromatic carbocycles. The smallest absolute Gasteiger partial charge is 0.259 e. The highest BCUT2D eigenvalue weighted by atomic mass is 35.5. The first-order valence-electron chi connectivity index (χ1n) is 5.43. The molecule has 0 fully saturated rings. The molecule has 0 N–H and O–H groups in total. The van der Waals surface area contributed by atoms with Crippen molar-refractivity contribution < 1.29 is 4.52 Å². The zero-order valence-electron chi connectivity index (χ0n) is 9.55. The summed E-state index contributed by atoms with van der Waals surface area (Å²) >= 11 is 11.9. The first-order chi connectivity index (χ1) is 9.24. The Morgan fingerprint density at radius 3 is 2.74 bits per heavy atom. The molecule has 0 radical (unpaired) electrons. The van der Waals surface area contributed by atoms with E-state index in [0.29, 0.717) is 27.3 Å². The van der Waals surface area contributed by atoms with Gasteiger partial charge in [-0.3, -0.25) is 4.98 Å². The van der Waals surface area contributed by atoms with Gasteiger partial charge in [-0.15, -0.1) is 0 Å². The third-order valence-electron chi connectivity index (χ3n) is 2.51. The molecule has 2 heterocycles. The average Bonchev–Trinajstić information content (AvgIpc) is 2.89. The van der Waals surface area contributed by atoms with Crippen LogP contribution >= 0.6 is 23.2 Å². The van der Waals surface area contributed by atoms with Crippen LogP contribution in [0.25, 0.3) is 22.8 Å². The van der Waals surface area contributed by atoms with Crippen molar-refractivity contribution in [2.24, 2.45) is 0 Å². The molecule has 3 aromatic rings. The summed E-state index contributed by atoms with van der Waals surface area (Å²) in [5.41, 5.74) is 1.43. The van der Waals surface area contributed by atoms with E-state index in [9.17, 15) is 0 Å². The van der Waals surface area contributed by atoms with Crippen LogP contribution in [-0.2, 0) is 0 Å². The number of hydrogen-bond donors (Lipinski definition) is 0. The molecule has 0 bridgehead atoms. The second-order valence-electron chi connectivity index (χ2n) is 3.79. The highest BCUT2D eigenvalue weighted by Gasteiger charge is 2.13. The van der Waals surface area contributed by atoms with E-state index in [1.807, 2.05) is 6.07 Å². The molecule has 2 aromatic heterocycles. The number of pyridine rings is 1. The van der Waals surface area contributed by atoms with Crippen LogP contribution < -0.4 is 0 Å². The lowest BCUT2D eigenvalue weighted by atomic mass is 10.2. The van der Waals surface area contributed by atoms with Gasteiger partial charge in [-0.2, -0.15) is 4.98 Å². The zero-order chi connectivity index (χ0) is 13.2. The van der Waals surface area contributed by atoms with E-state index >= 15 is 0 Å². The van der Waals surface area contributed by atoms with Crippen molar-refractivity contribution >= 4 is 23.2 Å². The monoisotopic (exact) mass is 291 g/mol. The Morgan fingerprint density at radius 2 is 2.00 bits per heavy atom. The quantitative estimate of drug-likeness (QED) is 0.713. The Balaban J connectivity index is 2.02. The zero-order valence-corrected chi connectivity index (χ0v) is 11.1. The van der Waals surface area contributed by atoms with Gasteiger partial charge in [-0.1, -0.05) is 28.4 Å². The second kappa shape index (κ2) is 4.99. The highest BCUT2D eigenvalue weighted by molar-refractivity contribution is 6.36. The van der Waals surface area contributed by atoms with Crippen LogP contribution in [0.2, 0.25) is 10.0 Å². The maximum absolute atomic E-state index is 6.10. The molecule has 0 amide bonds. The molecule has 6 heteroatoms. The first-order valence-corrected chi connectivity index (χ1v) is 6.19. The number of benzene rings is 1. The molecule has 0 aliphatic carbocycles. The van der Waals surface area contributed by atoms with Crippen LogP contribution in [0.1, 0.15) is 0 Å². The van der Waals surface area contributed by atoms with Crippen molar-refractivity contribution in [3.8, 4) is 22.8 Å². The van der Waals surface area contributed by atoms with E-state index in [4.69, 9.17) is 27.7 Å². The molecule has 0 spiro atoms. The predicted molar refractivity (Wildman–Crippen MR) is 73.0 cm³/mol. The van der Waals surface area contributed by atoms with Gasteiger partial charge in [0.2, 0.25) is 5.82 Å². The summed E-state index contributed by atoms with van der Waals surface area (Å²) in [7, 11) is 0. The summed E-state index contributed by atoms with van der Waals surface area (Å²) in [4.78, 5) is 8.30. The van der Waals surface area contributed by atoms with Crippen molar-refractivity contribution in [3.05, 3.63) is 52.8 Å². The van der Waals surface area contributed by atoms with Gasteiger partial charge in [0.05, 0.1) is 10.6 Å². The molecular formula is C13H7Cl2N3O. The van der Waals surface area contributed by atoms with E-state index in [1.165, 1.54) is 0 Å². The van der Waals surface area contributed by atoms with Gasteiger partial charge >= 0.3 is 0 Å². The van der Waals surface area contributed by atoms with Crippen LogP contribution in [0, 0.1) is 0 Å². The normalized spacial score (nSPS) is 10.6. The van der Waals surface area contributed by atoms with Gasteiger partial charge in [0, 0.05) is 23.0 Å². The largest absolute Gasteiger partial charge is 0.334 e. The fourth-order valence-electron chi connectivity index (χ4n) is 1.61. The van der Waals surface area contributed by atoms with Crippen LogP contribution in [0.5, 0.6) is 0 Å². The number of halogens is 2. The Hall–Kier alpha value is -1.91. The third kappa shape index (κ3) is 2.45. The topological polar surface area (TPSA) is 51.8 Å². The number of rotatable bonds is 2. The SMILES string of the molecule is Clc1ccc(-c2noc(-c3cccnc3)n2)c(Cl)c1. The van der Waals surface area contributed by atoms with E-state index in [1.54, 1.807) is 36.7 Å². The third-order valence-corrected chi connectivity index (χ3v) is 3.05. The highest BCUT2D eigenvalue weighted by Crippen LogP contribution is 2.29. The van der Waals surface area contributed by atoms with E-state index in [-0.39, 0.29) is 0 Å². The Labute approximate surface area is 119 Å². The Morgan fingerprint density at radius 1 is 1.11 bits per heavy atom. The molecule has 94 valence electrons. The van der Waals surface area contributed by atoms with Gasteiger partial charge in [0.25, 0.3) is 5.89 Å². The van der Waals surface area contributed by atoms with Crippen molar-refractivity contribution in [2.75, 3.05) is 0 Å². The lowest BCUT2D eigenvalue weighted by molar-refractivity contribution is 0.432. The molecule has 19 heavy (non-hydrogen) atoms. The number of hydrogen-bond acceptors (Lipinski definition) is 4. The van der Waals surface area contributed by atoms with Crippen LogP contribution in [0.15, 0.2) is 47.2 Å². The predicted octanol–water partition coefficient (Wildman–Crippen LogP) is 4.11. The summed E-state index contributed by atoms with van der Waals surface area (Å²) in [5, 5.41) is 4.95. The van der Waals surface area contributed by atoms with Crippen molar-refractivity contribution in [1.82, 2.24) is 15.1 Å². The second-order valence-corrected chi connectivity index (χ2v) is 4.63. The van der Waals surface area contributed by atoms with Gasteiger partial charge in [-0.05, 0) is 30.3 Å². The van der Waals surface area contributed by atoms with Crippen molar-refractivity contribution in [3.63, 3.8) is 0 Å². The van der Waals surface area contributed by atoms with E-state index < -0.39 is 0 Å². The van der Waals surface area contributed by atoms with Crippen LogP contribution in [0.4, 0.5) is 0 Å². The minimum atomic E-state index is 0.397. The Bertz CT molecular complexity index is 713. The molecule has 0 saturated carbocycles. The molecule has 0 aliphatic rings. The molecule has 4 nitrogen and oxygen atoms in total.